The molecule has 1 aliphatic rings. The highest BCUT2D eigenvalue weighted by Crippen LogP contribution is 2.38. The molecule has 1 fully saturated rings. The van der Waals surface area contributed by atoms with E-state index in [9.17, 15) is 0 Å². The van der Waals surface area contributed by atoms with E-state index in [0.717, 1.165) is 18.9 Å². The highest BCUT2D eigenvalue weighted by Gasteiger charge is 2.42. The molecule has 1 aromatic rings. The lowest BCUT2D eigenvalue weighted by Crippen LogP contribution is -2.61. The van der Waals surface area contributed by atoms with Crippen LogP contribution in [0.5, 0.6) is 0 Å². The summed E-state index contributed by atoms with van der Waals surface area (Å²) in [5, 5.41) is 3.76. The zero-order chi connectivity index (χ0) is 14.6. The van der Waals surface area contributed by atoms with E-state index in [1.54, 1.807) is 11.3 Å². The molecule has 1 unspecified atom stereocenters. The van der Waals surface area contributed by atoms with Gasteiger partial charge in [0.15, 0.2) is 0 Å². The molecule has 1 aromatic heterocycles. The summed E-state index contributed by atoms with van der Waals surface area (Å²) in [6, 6.07) is 0.524. The lowest BCUT2D eigenvalue weighted by Gasteiger charge is -2.50. The van der Waals surface area contributed by atoms with E-state index in [-0.39, 0.29) is 0 Å². The van der Waals surface area contributed by atoms with Gasteiger partial charge in [0.2, 0.25) is 0 Å². The van der Waals surface area contributed by atoms with Crippen molar-refractivity contribution in [2.45, 2.75) is 57.5 Å². The molecule has 0 aromatic carbocycles. The minimum Gasteiger partial charge on any atom is -0.312 e. The summed E-state index contributed by atoms with van der Waals surface area (Å²) in [4.78, 5) is 8.12. The number of hydrogen-bond acceptors (Lipinski definition) is 4. The molecule has 4 heteroatoms. The van der Waals surface area contributed by atoms with Crippen molar-refractivity contribution in [3.8, 4) is 0 Å². The Morgan fingerprint density at radius 2 is 2.15 bits per heavy atom. The van der Waals surface area contributed by atoms with Gasteiger partial charge in [-0.05, 0) is 52.2 Å². The van der Waals surface area contributed by atoms with Crippen LogP contribution in [-0.4, -0.2) is 42.1 Å². The lowest BCUT2D eigenvalue weighted by molar-refractivity contribution is 0.0442. The van der Waals surface area contributed by atoms with Crippen molar-refractivity contribution in [2.75, 3.05) is 20.6 Å². The zero-order valence-electron chi connectivity index (χ0n) is 13.4. The number of nitrogens with zero attached hydrogens (tertiary/aromatic N) is 2. The highest BCUT2D eigenvalue weighted by molar-refractivity contribution is 7.09. The quantitative estimate of drug-likeness (QED) is 0.873. The number of rotatable bonds is 6. The molecule has 0 bridgehead atoms. The lowest BCUT2D eigenvalue weighted by atomic mass is 9.71. The standard InChI is InChI=1S/C16H29N3S/c1-5-18-15(10-14-11-17-12-20-14)16(19(3)4)8-6-13(2)7-9-16/h11-13,15,18H,5-10H2,1-4H3. The largest absolute Gasteiger partial charge is 0.312 e. The van der Waals surface area contributed by atoms with Crippen molar-refractivity contribution in [2.24, 2.45) is 5.92 Å². The van der Waals surface area contributed by atoms with E-state index < -0.39 is 0 Å². The van der Waals surface area contributed by atoms with Crippen LogP contribution in [0.2, 0.25) is 0 Å². The van der Waals surface area contributed by atoms with Gasteiger partial charge in [0, 0.05) is 29.1 Å². The Labute approximate surface area is 127 Å². The number of hydrogen-bond donors (Lipinski definition) is 1. The summed E-state index contributed by atoms with van der Waals surface area (Å²) in [6.07, 6.45) is 8.44. The number of likely N-dealkylation sites (N-methyl/N-ethyl adjacent to an activating group) is 2. The Morgan fingerprint density at radius 3 is 2.65 bits per heavy atom. The van der Waals surface area contributed by atoms with Crippen molar-refractivity contribution < 1.29 is 0 Å². The average Bonchev–Trinajstić information content (AvgIpc) is 2.92. The molecule has 0 radical (unpaired) electrons. The summed E-state index contributed by atoms with van der Waals surface area (Å²) < 4.78 is 0. The molecule has 1 saturated carbocycles. The monoisotopic (exact) mass is 295 g/mol. The minimum absolute atomic E-state index is 0.298. The van der Waals surface area contributed by atoms with Gasteiger partial charge in [-0.3, -0.25) is 4.98 Å². The highest BCUT2D eigenvalue weighted by atomic mass is 32.1. The maximum absolute atomic E-state index is 4.24. The van der Waals surface area contributed by atoms with Crippen LogP contribution in [0.1, 0.15) is 44.4 Å². The minimum atomic E-state index is 0.298. The molecular weight excluding hydrogens is 266 g/mol. The molecule has 1 atom stereocenters. The predicted octanol–water partition coefficient (Wildman–Crippen LogP) is 3.17. The number of thiazole rings is 1. The van der Waals surface area contributed by atoms with Crippen LogP contribution in [0.15, 0.2) is 11.7 Å². The Hall–Kier alpha value is -0.450. The van der Waals surface area contributed by atoms with Crippen LogP contribution < -0.4 is 5.32 Å². The fourth-order valence-electron chi connectivity index (χ4n) is 3.61. The van der Waals surface area contributed by atoms with E-state index in [0.29, 0.717) is 11.6 Å². The second-order valence-corrected chi connectivity index (χ2v) is 7.43. The molecule has 1 heterocycles. The van der Waals surface area contributed by atoms with Gasteiger partial charge in [-0.25, -0.2) is 0 Å². The van der Waals surface area contributed by atoms with E-state index in [2.05, 4.69) is 43.1 Å². The van der Waals surface area contributed by atoms with Crippen molar-refractivity contribution in [3.63, 3.8) is 0 Å². The van der Waals surface area contributed by atoms with Crippen LogP contribution in [0.3, 0.4) is 0 Å². The van der Waals surface area contributed by atoms with Gasteiger partial charge in [0.25, 0.3) is 0 Å². The molecule has 20 heavy (non-hydrogen) atoms. The molecule has 0 amide bonds. The Morgan fingerprint density at radius 1 is 1.45 bits per heavy atom. The normalized spacial score (nSPS) is 28.8. The zero-order valence-corrected chi connectivity index (χ0v) is 14.2. The second-order valence-electron chi connectivity index (χ2n) is 6.46. The molecule has 2 rings (SSSR count). The first-order valence-electron chi connectivity index (χ1n) is 7.86. The summed E-state index contributed by atoms with van der Waals surface area (Å²) in [7, 11) is 4.51. The van der Waals surface area contributed by atoms with Crippen molar-refractivity contribution in [1.29, 1.82) is 0 Å². The maximum Gasteiger partial charge on any atom is 0.0794 e. The molecule has 0 spiro atoms. The number of nitrogens with one attached hydrogen (secondary N) is 1. The summed E-state index contributed by atoms with van der Waals surface area (Å²) >= 11 is 1.78. The van der Waals surface area contributed by atoms with E-state index >= 15 is 0 Å². The van der Waals surface area contributed by atoms with E-state index in [1.165, 1.54) is 30.6 Å². The van der Waals surface area contributed by atoms with Gasteiger partial charge in [-0.2, -0.15) is 0 Å². The molecule has 0 saturated heterocycles. The molecule has 0 aliphatic heterocycles. The summed E-state index contributed by atoms with van der Waals surface area (Å²) in [6.45, 7) is 5.65. The van der Waals surface area contributed by atoms with E-state index in [1.807, 2.05) is 11.7 Å². The SMILES string of the molecule is CCNC(Cc1cncs1)C1(N(C)C)CCC(C)CC1. The molecule has 1 aliphatic carbocycles. The maximum atomic E-state index is 4.24. The first kappa shape index (κ1) is 15.9. The van der Waals surface area contributed by atoms with Gasteiger partial charge in [-0.1, -0.05) is 13.8 Å². The molecular formula is C16H29N3S. The predicted molar refractivity (Wildman–Crippen MR) is 87.3 cm³/mol. The Balaban J connectivity index is 2.18. The first-order chi connectivity index (χ1) is 9.58. The molecule has 1 N–H and O–H groups in total. The summed E-state index contributed by atoms with van der Waals surface area (Å²) in [5.74, 6) is 0.883. The third-order valence-electron chi connectivity index (χ3n) is 5.02. The number of aromatic nitrogens is 1. The third-order valence-corrected chi connectivity index (χ3v) is 5.82. The third kappa shape index (κ3) is 3.41. The van der Waals surface area contributed by atoms with Gasteiger partial charge in [0.1, 0.15) is 0 Å². The van der Waals surface area contributed by atoms with Crippen LogP contribution >= 0.6 is 11.3 Å². The average molecular weight is 295 g/mol. The van der Waals surface area contributed by atoms with Gasteiger partial charge in [0.05, 0.1) is 5.51 Å². The smallest absolute Gasteiger partial charge is 0.0794 e. The van der Waals surface area contributed by atoms with Crippen molar-refractivity contribution >= 4 is 11.3 Å². The Bertz CT molecular complexity index is 380. The van der Waals surface area contributed by atoms with Crippen molar-refractivity contribution in [3.05, 3.63) is 16.6 Å². The Kier molecular flexibility index (Phi) is 5.58. The molecule has 114 valence electrons. The van der Waals surface area contributed by atoms with Crippen LogP contribution in [0.25, 0.3) is 0 Å². The summed E-state index contributed by atoms with van der Waals surface area (Å²) in [5.41, 5.74) is 2.25. The van der Waals surface area contributed by atoms with Crippen LogP contribution in [0.4, 0.5) is 0 Å². The fourth-order valence-corrected chi connectivity index (χ4v) is 4.25. The van der Waals surface area contributed by atoms with Crippen LogP contribution in [0, 0.1) is 5.92 Å². The van der Waals surface area contributed by atoms with Gasteiger partial charge < -0.3 is 10.2 Å². The topological polar surface area (TPSA) is 28.2 Å². The van der Waals surface area contributed by atoms with Crippen LogP contribution in [-0.2, 0) is 6.42 Å². The van der Waals surface area contributed by atoms with Gasteiger partial charge in [-0.15, -0.1) is 11.3 Å². The van der Waals surface area contributed by atoms with Gasteiger partial charge >= 0.3 is 0 Å². The first-order valence-corrected chi connectivity index (χ1v) is 8.74. The molecule has 3 nitrogen and oxygen atoms in total. The fraction of sp³-hybridized carbons (Fsp3) is 0.812. The van der Waals surface area contributed by atoms with E-state index in [4.69, 9.17) is 0 Å². The second kappa shape index (κ2) is 7.01. The van der Waals surface area contributed by atoms with Crippen molar-refractivity contribution in [1.82, 2.24) is 15.2 Å².